The minimum atomic E-state index is -3.22. The zero-order valence-electron chi connectivity index (χ0n) is 10.4. The molecule has 18 heavy (non-hydrogen) atoms. The Hall–Kier alpha value is -1.01. The lowest BCUT2D eigenvalue weighted by molar-refractivity contribution is 0.505. The van der Waals surface area contributed by atoms with Gasteiger partial charge in [-0.25, -0.2) is 21.9 Å². The molecule has 1 N–H and O–H groups in total. The maximum Gasteiger partial charge on any atom is 0.211 e. The topological polar surface area (TPSA) is 46.2 Å². The van der Waals surface area contributed by atoms with E-state index in [1.54, 1.807) is 13.8 Å². The van der Waals surface area contributed by atoms with E-state index in [0.29, 0.717) is 18.4 Å². The summed E-state index contributed by atoms with van der Waals surface area (Å²) in [5.74, 6) is -1.73. The van der Waals surface area contributed by atoms with E-state index in [1.165, 1.54) is 6.07 Å². The van der Waals surface area contributed by atoms with Crippen molar-refractivity contribution >= 4 is 10.0 Å². The van der Waals surface area contributed by atoms with Crippen LogP contribution < -0.4 is 4.72 Å². The van der Waals surface area contributed by atoms with Gasteiger partial charge in [-0.1, -0.05) is 6.07 Å². The van der Waals surface area contributed by atoms with Crippen molar-refractivity contribution in [3.8, 4) is 0 Å². The molecule has 1 rings (SSSR count). The second kappa shape index (κ2) is 6.24. The molecule has 0 bridgehead atoms. The summed E-state index contributed by atoms with van der Waals surface area (Å²) in [6, 6.07) is 3.48. The number of halogens is 2. The predicted octanol–water partition coefficient (Wildman–Crippen LogP) is 2.23. The number of aryl methyl sites for hydroxylation is 1. The minimum Gasteiger partial charge on any atom is -0.212 e. The van der Waals surface area contributed by atoms with E-state index in [1.807, 2.05) is 0 Å². The SMILES string of the molecule is CCS(=O)(=O)NC(C)CCc1ccc(F)c(F)c1. The van der Waals surface area contributed by atoms with Crippen molar-refractivity contribution < 1.29 is 17.2 Å². The Morgan fingerprint density at radius 2 is 1.94 bits per heavy atom. The fourth-order valence-electron chi connectivity index (χ4n) is 1.53. The van der Waals surface area contributed by atoms with Crippen molar-refractivity contribution in [2.75, 3.05) is 5.75 Å². The summed E-state index contributed by atoms with van der Waals surface area (Å²) in [5, 5.41) is 0. The van der Waals surface area contributed by atoms with Crippen LogP contribution in [0, 0.1) is 11.6 Å². The lowest BCUT2D eigenvalue weighted by atomic mass is 10.1. The monoisotopic (exact) mass is 277 g/mol. The molecule has 3 nitrogen and oxygen atoms in total. The molecular weight excluding hydrogens is 260 g/mol. The van der Waals surface area contributed by atoms with E-state index in [9.17, 15) is 17.2 Å². The van der Waals surface area contributed by atoms with E-state index in [-0.39, 0.29) is 11.8 Å². The van der Waals surface area contributed by atoms with Gasteiger partial charge in [-0.2, -0.15) is 0 Å². The highest BCUT2D eigenvalue weighted by Gasteiger charge is 2.12. The molecule has 6 heteroatoms. The molecule has 0 heterocycles. The van der Waals surface area contributed by atoms with Gasteiger partial charge in [-0.3, -0.25) is 0 Å². The third-order valence-corrected chi connectivity index (χ3v) is 4.13. The van der Waals surface area contributed by atoms with E-state index in [4.69, 9.17) is 0 Å². The number of hydrogen-bond acceptors (Lipinski definition) is 2. The molecule has 0 saturated heterocycles. The van der Waals surface area contributed by atoms with Crippen molar-refractivity contribution in [2.45, 2.75) is 32.7 Å². The van der Waals surface area contributed by atoms with Crippen molar-refractivity contribution in [1.29, 1.82) is 0 Å². The average Bonchev–Trinajstić information content (AvgIpc) is 2.30. The van der Waals surface area contributed by atoms with Crippen molar-refractivity contribution in [2.24, 2.45) is 0 Å². The molecule has 102 valence electrons. The summed E-state index contributed by atoms with van der Waals surface area (Å²) in [5.41, 5.74) is 0.649. The van der Waals surface area contributed by atoms with Crippen molar-refractivity contribution in [1.82, 2.24) is 4.72 Å². The van der Waals surface area contributed by atoms with Crippen LogP contribution in [0.25, 0.3) is 0 Å². The largest absolute Gasteiger partial charge is 0.212 e. The first-order chi connectivity index (χ1) is 8.34. The number of hydrogen-bond donors (Lipinski definition) is 1. The van der Waals surface area contributed by atoms with Crippen LogP contribution >= 0.6 is 0 Å². The summed E-state index contributed by atoms with van der Waals surface area (Å²) < 4.78 is 50.7. The summed E-state index contributed by atoms with van der Waals surface area (Å²) >= 11 is 0. The number of sulfonamides is 1. The van der Waals surface area contributed by atoms with Crippen LogP contribution in [0.2, 0.25) is 0 Å². The second-order valence-corrected chi connectivity index (χ2v) is 6.25. The molecule has 0 aliphatic rings. The lowest BCUT2D eigenvalue weighted by Gasteiger charge is -2.13. The maximum atomic E-state index is 12.9. The fraction of sp³-hybridized carbons (Fsp3) is 0.500. The molecule has 0 fully saturated rings. The highest BCUT2D eigenvalue weighted by Crippen LogP contribution is 2.11. The minimum absolute atomic E-state index is 0.0303. The molecular formula is C12H17F2NO2S. The molecule has 1 aromatic carbocycles. The van der Waals surface area contributed by atoms with Gasteiger partial charge < -0.3 is 0 Å². The second-order valence-electron chi connectivity index (χ2n) is 4.21. The van der Waals surface area contributed by atoms with Crippen LogP contribution in [0.15, 0.2) is 18.2 Å². The average molecular weight is 277 g/mol. The summed E-state index contributed by atoms with van der Waals surface area (Å²) in [6.07, 6.45) is 1.02. The van der Waals surface area contributed by atoms with Crippen LogP contribution in [0.4, 0.5) is 8.78 Å². The Balaban J connectivity index is 2.52. The summed E-state index contributed by atoms with van der Waals surface area (Å²) in [7, 11) is -3.22. The van der Waals surface area contributed by atoms with Crippen molar-refractivity contribution in [3.05, 3.63) is 35.4 Å². The van der Waals surface area contributed by atoms with E-state index >= 15 is 0 Å². The Bertz CT molecular complexity index is 503. The number of nitrogens with one attached hydrogen (secondary N) is 1. The van der Waals surface area contributed by atoms with Gasteiger partial charge in [-0.05, 0) is 44.4 Å². The lowest BCUT2D eigenvalue weighted by Crippen LogP contribution is -2.34. The molecule has 0 spiro atoms. The first kappa shape index (κ1) is 15.0. The van der Waals surface area contributed by atoms with Crippen LogP contribution in [0.5, 0.6) is 0 Å². The van der Waals surface area contributed by atoms with Gasteiger partial charge in [0.15, 0.2) is 11.6 Å². The summed E-state index contributed by atoms with van der Waals surface area (Å²) in [6.45, 7) is 3.30. The van der Waals surface area contributed by atoms with E-state index in [2.05, 4.69) is 4.72 Å². The van der Waals surface area contributed by atoms with Gasteiger partial charge in [0.2, 0.25) is 10.0 Å². The Labute approximate surface area is 106 Å². The first-order valence-corrected chi connectivity index (χ1v) is 7.43. The quantitative estimate of drug-likeness (QED) is 0.866. The standard InChI is InChI=1S/C12H17F2NO2S/c1-3-18(16,17)15-9(2)4-5-10-6-7-11(13)12(14)8-10/h6-9,15H,3-5H2,1-2H3. The third-order valence-electron chi connectivity index (χ3n) is 2.61. The normalized spacial score (nSPS) is 13.6. The maximum absolute atomic E-state index is 12.9. The molecule has 0 amide bonds. The molecule has 0 aliphatic heterocycles. The van der Waals surface area contributed by atoms with E-state index < -0.39 is 21.7 Å². The first-order valence-electron chi connectivity index (χ1n) is 5.78. The predicted molar refractivity (Wildman–Crippen MR) is 66.7 cm³/mol. The molecule has 0 saturated carbocycles. The zero-order chi connectivity index (χ0) is 13.8. The highest BCUT2D eigenvalue weighted by molar-refractivity contribution is 7.89. The summed E-state index contributed by atoms with van der Waals surface area (Å²) in [4.78, 5) is 0. The van der Waals surface area contributed by atoms with Crippen LogP contribution in [0.1, 0.15) is 25.8 Å². The van der Waals surface area contributed by atoms with Gasteiger partial charge in [0.1, 0.15) is 0 Å². The highest BCUT2D eigenvalue weighted by atomic mass is 32.2. The van der Waals surface area contributed by atoms with Gasteiger partial charge in [0, 0.05) is 6.04 Å². The smallest absolute Gasteiger partial charge is 0.211 e. The van der Waals surface area contributed by atoms with Crippen LogP contribution in [-0.4, -0.2) is 20.2 Å². The van der Waals surface area contributed by atoms with Crippen LogP contribution in [0.3, 0.4) is 0 Å². The molecule has 1 atom stereocenters. The van der Waals surface area contributed by atoms with Gasteiger partial charge in [0.25, 0.3) is 0 Å². The number of rotatable bonds is 6. The molecule has 0 aromatic heterocycles. The zero-order valence-corrected chi connectivity index (χ0v) is 11.2. The third kappa shape index (κ3) is 4.70. The van der Waals surface area contributed by atoms with Gasteiger partial charge in [-0.15, -0.1) is 0 Å². The molecule has 1 unspecified atom stereocenters. The van der Waals surface area contributed by atoms with Gasteiger partial charge in [0.05, 0.1) is 5.75 Å². The van der Waals surface area contributed by atoms with E-state index in [0.717, 1.165) is 12.1 Å². The Morgan fingerprint density at radius 1 is 1.28 bits per heavy atom. The van der Waals surface area contributed by atoms with Crippen LogP contribution in [-0.2, 0) is 16.4 Å². The Kier molecular flexibility index (Phi) is 5.22. The van der Waals surface area contributed by atoms with Crippen molar-refractivity contribution in [3.63, 3.8) is 0 Å². The van der Waals surface area contributed by atoms with Gasteiger partial charge >= 0.3 is 0 Å². The number of benzene rings is 1. The molecule has 0 radical (unpaired) electrons. The Morgan fingerprint density at radius 3 is 2.50 bits per heavy atom. The fourth-order valence-corrected chi connectivity index (χ4v) is 2.42. The molecule has 1 aromatic rings. The molecule has 0 aliphatic carbocycles.